The third kappa shape index (κ3) is 5.29. The van der Waals surface area contributed by atoms with Gasteiger partial charge < -0.3 is 9.47 Å². The Bertz CT molecular complexity index is 1710. The smallest absolute Gasteiger partial charge is 0.338 e. The van der Waals surface area contributed by atoms with E-state index in [1.165, 1.54) is 34.8 Å². The third-order valence-electron chi connectivity index (χ3n) is 5.89. The van der Waals surface area contributed by atoms with Crippen molar-refractivity contribution >= 4 is 50.6 Å². The molecular formula is C28H22BrFN2O4S2. The maximum atomic E-state index is 13.6. The molecule has 0 bridgehead atoms. The summed E-state index contributed by atoms with van der Waals surface area (Å²) in [7, 11) is 0. The van der Waals surface area contributed by atoms with Crippen LogP contribution in [0.4, 0.5) is 4.39 Å². The van der Waals surface area contributed by atoms with Crippen molar-refractivity contribution in [1.82, 2.24) is 4.57 Å². The zero-order valence-electron chi connectivity index (χ0n) is 20.4. The average molecular weight is 614 g/mol. The van der Waals surface area contributed by atoms with Crippen LogP contribution in [0.5, 0.6) is 5.75 Å². The van der Waals surface area contributed by atoms with Crippen LogP contribution in [0.2, 0.25) is 0 Å². The number of benzene rings is 2. The van der Waals surface area contributed by atoms with Crippen molar-refractivity contribution in [2.75, 3.05) is 6.61 Å². The van der Waals surface area contributed by atoms with Gasteiger partial charge in [0.05, 0.1) is 26.9 Å². The van der Waals surface area contributed by atoms with Crippen LogP contribution in [0.25, 0.3) is 6.08 Å². The minimum absolute atomic E-state index is 0.228. The fourth-order valence-electron chi connectivity index (χ4n) is 4.12. The number of carbonyl (C=O) groups is 1. The van der Waals surface area contributed by atoms with E-state index in [-0.39, 0.29) is 18.0 Å². The standard InChI is InChI=1S/C28H22BrFN2O4S2/c1-3-35-27(34)24-16(2)31-28-32(25(24)22-5-4-12-37-22)26(33)23(38-28)14-18-8-11-21(20(29)13-18)36-15-17-6-9-19(30)10-7-17/h4-14,25H,3,15H2,1-2H3/b23-14-/t25-/m0/s1. The highest BCUT2D eigenvalue weighted by molar-refractivity contribution is 9.10. The quantitative estimate of drug-likeness (QED) is 0.264. The number of thiazole rings is 1. The zero-order chi connectivity index (χ0) is 26.8. The van der Waals surface area contributed by atoms with E-state index >= 15 is 0 Å². The molecule has 10 heteroatoms. The lowest BCUT2D eigenvalue weighted by molar-refractivity contribution is -0.139. The Balaban J connectivity index is 1.49. The van der Waals surface area contributed by atoms with Crippen LogP contribution < -0.4 is 19.6 Å². The summed E-state index contributed by atoms with van der Waals surface area (Å²) in [5, 5.41) is 1.92. The van der Waals surface area contributed by atoms with Crippen LogP contribution in [0, 0.1) is 5.82 Å². The molecule has 0 fully saturated rings. The molecule has 194 valence electrons. The second kappa shape index (κ2) is 11.2. The second-order valence-electron chi connectivity index (χ2n) is 8.42. The number of aromatic nitrogens is 1. The van der Waals surface area contributed by atoms with Crippen molar-refractivity contribution in [3.63, 3.8) is 0 Å². The molecule has 0 amide bonds. The Morgan fingerprint density at radius 3 is 2.68 bits per heavy atom. The summed E-state index contributed by atoms with van der Waals surface area (Å²) in [5.74, 6) is -0.138. The van der Waals surface area contributed by atoms with Gasteiger partial charge >= 0.3 is 5.97 Å². The SMILES string of the molecule is CCOC(=O)C1=C(C)N=c2s/c(=C\c3ccc(OCc4ccc(F)cc4)c(Br)c3)c(=O)n2[C@H]1c1cccs1. The van der Waals surface area contributed by atoms with Gasteiger partial charge in [-0.25, -0.2) is 14.2 Å². The second-order valence-corrected chi connectivity index (χ2v) is 11.3. The molecule has 3 heterocycles. The molecule has 0 spiro atoms. The first-order valence-electron chi connectivity index (χ1n) is 11.8. The molecule has 38 heavy (non-hydrogen) atoms. The normalized spacial score (nSPS) is 15.3. The highest BCUT2D eigenvalue weighted by Crippen LogP contribution is 2.33. The van der Waals surface area contributed by atoms with Crippen LogP contribution in [0.1, 0.15) is 35.9 Å². The molecule has 0 N–H and O–H groups in total. The zero-order valence-corrected chi connectivity index (χ0v) is 23.7. The molecule has 0 unspecified atom stereocenters. The Labute approximate surface area is 234 Å². The summed E-state index contributed by atoms with van der Waals surface area (Å²) in [6, 6.07) is 14.9. The van der Waals surface area contributed by atoms with Gasteiger partial charge in [0, 0.05) is 4.88 Å². The topological polar surface area (TPSA) is 69.9 Å². The van der Waals surface area contributed by atoms with Gasteiger partial charge in [0.25, 0.3) is 5.56 Å². The van der Waals surface area contributed by atoms with Gasteiger partial charge in [-0.15, -0.1) is 11.3 Å². The number of esters is 1. The van der Waals surface area contributed by atoms with E-state index in [4.69, 9.17) is 9.47 Å². The molecule has 2 aromatic heterocycles. The maximum absolute atomic E-state index is 13.6. The maximum Gasteiger partial charge on any atom is 0.338 e. The van der Waals surface area contributed by atoms with Crippen LogP contribution in [0.15, 0.2) is 85.5 Å². The number of ether oxygens (including phenoxy) is 2. The average Bonchev–Trinajstić information content (AvgIpc) is 3.52. The highest BCUT2D eigenvalue weighted by Gasteiger charge is 2.33. The number of nitrogens with zero attached hydrogens (tertiary/aromatic N) is 2. The molecule has 4 aromatic rings. The largest absolute Gasteiger partial charge is 0.488 e. The van der Waals surface area contributed by atoms with E-state index in [1.807, 2.05) is 35.7 Å². The number of hydrogen-bond acceptors (Lipinski definition) is 7. The van der Waals surface area contributed by atoms with Crippen LogP contribution in [-0.2, 0) is 16.1 Å². The summed E-state index contributed by atoms with van der Waals surface area (Å²) in [5.41, 5.74) is 2.33. The summed E-state index contributed by atoms with van der Waals surface area (Å²) in [6.45, 7) is 4.05. The molecule has 1 aliphatic rings. The van der Waals surface area contributed by atoms with Crippen molar-refractivity contribution in [2.24, 2.45) is 4.99 Å². The predicted octanol–water partition coefficient (Wildman–Crippen LogP) is 5.34. The fourth-order valence-corrected chi connectivity index (χ4v) is 6.51. The molecule has 6 nitrogen and oxygen atoms in total. The van der Waals surface area contributed by atoms with Crippen LogP contribution in [-0.4, -0.2) is 17.1 Å². The van der Waals surface area contributed by atoms with Gasteiger partial charge in [-0.2, -0.15) is 0 Å². The van der Waals surface area contributed by atoms with E-state index in [0.717, 1.165) is 20.5 Å². The Morgan fingerprint density at radius 2 is 2.00 bits per heavy atom. The number of rotatable bonds is 7. The summed E-state index contributed by atoms with van der Waals surface area (Å²) < 4.78 is 27.1. The molecule has 0 aliphatic carbocycles. The summed E-state index contributed by atoms with van der Waals surface area (Å²) in [4.78, 5) is 32.5. The monoisotopic (exact) mass is 612 g/mol. The minimum Gasteiger partial charge on any atom is -0.488 e. The van der Waals surface area contributed by atoms with Gasteiger partial charge in [0.2, 0.25) is 0 Å². The number of fused-ring (bicyclic) bond motifs is 1. The minimum atomic E-state index is -0.596. The molecular weight excluding hydrogens is 591 g/mol. The van der Waals surface area contributed by atoms with E-state index in [9.17, 15) is 14.0 Å². The van der Waals surface area contributed by atoms with Gasteiger partial charge in [-0.3, -0.25) is 9.36 Å². The molecule has 0 saturated carbocycles. The number of carbonyl (C=O) groups excluding carboxylic acids is 1. The molecule has 2 aromatic carbocycles. The molecule has 0 saturated heterocycles. The summed E-state index contributed by atoms with van der Waals surface area (Å²) in [6.07, 6.45) is 1.80. The predicted molar refractivity (Wildman–Crippen MR) is 150 cm³/mol. The first-order chi connectivity index (χ1) is 18.4. The van der Waals surface area contributed by atoms with E-state index in [2.05, 4.69) is 20.9 Å². The lowest BCUT2D eigenvalue weighted by Gasteiger charge is -2.23. The highest BCUT2D eigenvalue weighted by atomic mass is 79.9. The van der Waals surface area contributed by atoms with Crippen LogP contribution >= 0.6 is 38.6 Å². The van der Waals surface area contributed by atoms with Gasteiger partial charge in [0.1, 0.15) is 24.2 Å². The molecule has 0 radical (unpaired) electrons. The molecule has 1 aliphatic heterocycles. The molecule has 1 atom stereocenters. The van der Waals surface area contributed by atoms with Crippen molar-refractivity contribution in [3.8, 4) is 5.75 Å². The van der Waals surface area contributed by atoms with Crippen LogP contribution in [0.3, 0.4) is 0 Å². The Kier molecular flexibility index (Phi) is 7.73. The van der Waals surface area contributed by atoms with Crippen molar-refractivity contribution in [1.29, 1.82) is 0 Å². The number of halogens is 2. The van der Waals surface area contributed by atoms with Gasteiger partial charge in [-0.1, -0.05) is 35.6 Å². The third-order valence-corrected chi connectivity index (χ3v) is 8.42. The van der Waals surface area contributed by atoms with Gasteiger partial charge in [0.15, 0.2) is 4.80 Å². The van der Waals surface area contributed by atoms with Crippen molar-refractivity contribution in [3.05, 3.63) is 117 Å². The van der Waals surface area contributed by atoms with Gasteiger partial charge in [-0.05, 0) is 82.7 Å². The lowest BCUT2D eigenvalue weighted by Crippen LogP contribution is -2.39. The Morgan fingerprint density at radius 1 is 1.21 bits per heavy atom. The number of hydrogen-bond donors (Lipinski definition) is 0. The number of thiophene rings is 1. The van der Waals surface area contributed by atoms with Crippen molar-refractivity contribution < 1.29 is 18.7 Å². The molecule has 5 rings (SSSR count). The lowest BCUT2D eigenvalue weighted by atomic mass is 10.0. The Hall–Kier alpha value is -3.34. The number of allylic oxidation sites excluding steroid dienone is 1. The summed E-state index contributed by atoms with van der Waals surface area (Å²) >= 11 is 6.30. The first-order valence-corrected chi connectivity index (χ1v) is 14.2. The first kappa shape index (κ1) is 26.3. The van der Waals surface area contributed by atoms with E-state index in [1.54, 1.807) is 36.6 Å². The fraction of sp³-hybridized carbons (Fsp3) is 0.179. The van der Waals surface area contributed by atoms with E-state index < -0.39 is 12.0 Å². The van der Waals surface area contributed by atoms with Crippen molar-refractivity contribution in [2.45, 2.75) is 26.5 Å². The van der Waals surface area contributed by atoms with E-state index in [0.29, 0.717) is 33.0 Å².